The van der Waals surface area contributed by atoms with Gasteiger partial charge in [0.15, 0.2) is 5.82 Å². The van der Waals surface area contributed by atoms with Crippen LogP contribution in [-0.2, 0) is 0 Å². The van der Waals surface area contributed by atoms with Crippen molar-refractivity contribution in [2.75, 3.05) is 0 Å². The van der Waals surface area contributed by atoms with Crippen molar-refractivity contribution in [1.29, 1.82) is 0 Å². The van der Waals surface area contributed by atoms with Gasteiger partial charge in [-0.15, -0.1) is 0 Å². The number of para-hydroxylation sites is 2. The normalized spacial score (nSPS) is 11.3. The summed E-state index contributed by atoms with van der Waals surface area (Å²) in [5.41, 5.74) is 4.34. The van der Waals surface area contributed by atoms with Gasteiger partial charge in [0.1, 0.15) is 11.2 Å². The average Bonchev–Trinajstić information content (AvgIpc) is 3.07. The molecule has 0 radical (unpaired) electrons. The first-order chi connectivity index (χ1) is 13.2. The van der Waals surface area contributed by atoms with Crippen molar-refractivity contribution in [2.24, 2.45) is 0 Å². The van der Waals surface area contributed by atoms with E-state index in [1.165, 1.54) is 0 Å². The van der Waals surface area contributed by atoms with Gasteiger partial charge in [-0.1, -0.05) is 60.7 Å². The van der Waals surface area contributed by atoms with Gasteiger partial charge in [0.2, 0.25) is 10.6 Å². The third kappa shape index (κ3) is 2.74. The van der Waals surface area contributed by atoms with Gasteiger partial charge < -0.3 is 4.42 Å². The number of rotatable bonds is 2. The molecule has 2 aromatic heterocycles. The van der Waals surface area contributed by atoms with Crippen LogP contribution < -0.4 is 0 Å². The first-order valence-corrected chi connectivity index (χ1v) is 9.03. The van der Waals surface area contributed by atoms with Crippen LogP contribution in [0.3, 0.4) is 0 Å². The van der Waals surface area contributed by atoms with Gasteiger partial charge in [-0.2, -0.15) is 15.0 Å². The second kappa shape index (κ2) is 6.34. The minimum atomic E-state index is 0.0445. The average molecular weight is 392 g/mol. The Bertz CT molecular complexity index is 1280. The smallest absolute Gasteiger partial charge is 0.227 e. The molecule has 0 fully saturated rings. The van der Waals surface area contributed by atoms with E-state index in [0.29, 0.717) is 17.0 Å². The van der Waals surface area contributed by atoms with Gasteiger partial charge >= 0.3 is 0 Å². The summed E-state index contributed by atoms with van der Waals surface area (Å²) in [4.78, 5) is 12.2. The fraction of sp³-hybridized carbons (Fsp3) is 0. The molecule has 0 aliphatic carbocycles. The van der Waals surface area contributed by atoms with Gasteiger partial charge in [-0.3, -0.25) is 0 Å². The largest absolute Gasteiger partial charge is 0.455 e. The van der Waals surface area contributed by atoms with Crippen LogP contribution in [0.1, 0.15) is 0 Å². The van der Waals surface area contributed by atoms with E-state index in [4.69, 9.17) is 27.6 Å². The van der Waals surface area contributed by atoms with Crippen LogP contribution in [0.4, 0.5) is 0 Å². The molecule has 0 saturated carbocycles. The maximum atomic E-state index is 6.32. The molecule has 3 aromatic carbocycles. The summed E-state index contributed by atoms with van der Waals surface area (Å²) in [5, 5.41) is 2.10. The van der Waals surface area contributed by atoms with Crippen LogP contribution in [-0.4, -0.2) is 15.0 Å². The first-order valence-electron chi connectivity index (χ1n) is 8.28. The van der Waals surface area contributed by atoms with Crippen molar-refractivity contribution in [3.8, 4) is 22.5 Å². The van der Waals surface area contributed by atoms with Crippen LogP contribution in [0.25, 0.3) is 44.5 Å². The van der Waals surface area contributed by atoms with Crippen LogP contribution in [0, 0.1) is 0 Å². The maximum absolute atomic E-state index is 6.32. The van der Waals surface area contributed by atoms with E-state index in [2.05, 4.69) is 33.2 Å². The Balaban J connectivity index is 1.83. The standard InChI is InChI=1S/C21H11Cl2N3O/c22-20-24-19(25-21(23)26-20)16-11-5-10-15-14-9-4-8-13(17(14)27-18(15)16)12-6-2-1-3-7-12/h1-11H. The van der Waals surface area contributed by atoms with Gasteiger partial charge in [-0.05, 0) is 34.8 Å². The quantitative estimate of drug-likeness (QED) is 0.348. The lowest BCUT2D eigenvalue weighted by atomic mass is 10.0. The van der Waals surface area contributed by atoms with Crippen LogP contribution in [0.15, 0.2) is 71.1 Å². The highest BCUT2D eigenvalue weighted by Crippen LogP contribution is 2.39. The summed E-state index contributed by atoms with van der Waals surface area (Å²) in [6, 6.07) is 22.1. The Labute approximate surface area is 164 Å². The summed E-state index contributed by atoms with van der Waals surface area (Å²) in [6.45, 7) is 0. The monoisotopic (exact) mass is 391 g/mol. The van der Waals surface area contributed by atoms with Crippen LogP contribution >= 0.6 is 23.2 Å². The van der Waals surface area contributed by atoms with E-state index in [9.17, 15) is 0 Å². The molecule has 5 aromatic rings. The lowest BCUT2D eigenvalue weighted by Gasteiger charge is -2.02. The molecule has 4 nitrogen and oxygen atoms in total. The Kier molecular flexibility index (Phi) is 3.81. The third-order valence-corrected chi connectivity index (χ3v) is 4.77. The van der Waals surface area contributed by atoms with Crippen molar-refractivity contribution in [1.82, 2.24) is 15.0 Å². The van der Waals surface area contributed by atoms with Crippen molar-refractivity contribution in [3.05, 3.63) is 77.3 Å². The van der Waals surface area contributed by atoms with Crippen LogP contribution in [0.5, 0.6) is 0 Å². The van der Waals surface area contributed by atoms with E-state index in [-0.39, 0.29) is 10.6 Å². The Morgan fingerprint density at radius 2 is 1.19 bits per heavy atom. The van der Waals surface area contributed by atoms with Gasteiger partial charge in [0.25, 0.3) is 0 Å². The zero-order valence-corrected chi connectivity index (χ0v) is 15.4. The molecule has 130 valence electrons. The van der Waals surface area contributed by atoms with Crippen molar-refractivity contribution < 1.29 is 4.42 Å². The minimum Gasteiger partial charge on any atom is -0.455 e. The molecule has 0 aliphatic rings. The number of hydrogen-bond acceptors (Lipinski definition) is 4. The summed E-state index contributed by atoms with van der Waals surface area (Å²) in [6.07, 6.45) is 0. The van der Waals surface area contributed by atoms with E-state index in [1.54, 1.807) is 0 Å². The summed E-state index contributed by atoms with van der Waals surface area (Å²) < 4.78 is 6.32. The molecule has 5 rings (SSSR count). The highest BCUT2D eigenvalue weighted by molar-refractivity contribution is 6.31. The molecule has 2 heterocycles. The number of furan rings is 1. The van der Waals surface area contributed by atoms with Crippen LogP contribution in [0.2, 0.25) is 10.6 Å². The lowest BCUT2D eigenvalue weighted by molar-refractivity contribution is 0.670. The molecule has 0 unspecified atom stereocenters. The molecule has 0 bridgehead atoms. The summed E-state index contributed by atoms with van der Waals surface area (Å²) in [5.74, 6) is 0.380. The number of nitrogens with zero attached hydrogens (tertiary/aromatic N) is 3. The maximum Gasteiger partial charge on any atom is 0.227 e. The SMILES string of the molecule is Clc1nc(Cl)nc(-c2cccc3c2oc2c(-c4ccccc4)cccc23)n1. The van der Waals surface area contributed by atoms with Gasteiger partial charge in [0.05, 0.1) is 5.56 Å². The minimum absolute atomic E-state index is 0.0445. The number of hydrogen-bond donors (Lipinski definition) is 0. The van der Waals surface area contributed by atoms with E-state index in [1.807, 2.05) is 48.5 Å². The second-order valence-electron chi connectivity index (χ2n) is 6.03. The first kappa shape index (κ1) is 16.2. The summed E-state index contributed by atoms with van der Waals surface area (Å²) >= 11 is 11.9. The highest BCUT2D eigenvalue weighted by atomic mass is 35.5. The number of fused-ring (bicyclic) bond motifs is 3. The van der Waals surface area contributed by atoms with Crippen molar-refractivity contribution >= 4 is 45.1 Å². The second-order valence-corrected chi connectivity index (χ2v) is 6.71. The molecule has 0 atom stereocenters. The molecule has 0 spiro atoms. The van der Waals surface area contributed by atoms with Gasteiger partial charge in [0, 0.05) is 16.3 Å². The molecular weight excluding hydrogens is 381 g/mol. The molecule has 6 heteroatoms. The summed E-state index contributed by atoms with van der Waals surface area (Å²) in [7, 11) is 0. The van der Waals surface area contributed by atoms with E-state index >= 15 is 0 Å². The predicted molar refractivity (Wildman–Crippen MR) is 108 cm³/mol. The number of aromatic nitrogens is 3. The van der Waals surface area contributed by atoms with E-state index < -0.39 is 0 Å². The fourth-order valence-electron chi connectivity index (χ4n) is 3.29. The van der Waals surface area contributed by atoms with Gasteiger partial charge in [-0.25, -0.2) is 0 Å². The predicted octanol–water partition coefficient (Wildman–Crippen LogP) is 6.41. The zero-order chi connectivity index (χ0) is 18.4. The molecule has 27 heavy (non-hydrogen) atoms. The number of halogens is 2. The third-order valence-electron chi connectivity index (χ3n) is 4.43. The zero-order valence-electron chi connectivity index (χ0n) is 13.9. The topological polar surface area (TPSA) is 51.8 Å². The van der Waals surface area contributed by atoms with E-state index in [0.717, 1.165) is 27.5 Å². The molecular formula is C21H11Cl2N3O. The molecule has 0 saturated heterocycles. The van der Waals surface area contributed by atoms with Crippen molar-refractivity contribution in [3.63, 3.8) is 0 Å². The number of benzene rings is 3. The Morgan fingerprint density at radius 1 is 0.593 bits per heavy atom. The molecule has 0 amide bonds. The Hall–Kier alpha value is -2.95. The Morgan fingerprint density at radius 3 is 1.85 bits per heavy atom. The fourth-order valence-corrected chi connectivity index (χ4v) is 3.65. The lowest BCUT2D eigenvalue weighted by Crippen LogP contribution is -1.93. The molecule has 0 N–H and O–H groups in total. The van der Waals surface area contributed by atoms with Crippen molar-refractivity contribution in [2.45, 2.75) is 0 Å². The highest BCUT2D eigenvalue weighted by Gasteiger charge is 2.17. The molecule has 0 aliphatic heterocycles.